The van der Waals surface area contributed by atoms with Gasteiger partial charge in [0.25, 0.3) is 0 Å². The first kappa shape index (κ1) is 17.9. The zero-order chi connectivity index (χ0) is 18.7. The molecule has 0 radical (unpaired) electrons. The molecule has 6 nitrogen and oxygen atoms in total. The average Bonchev–Trinajstić information content (AvgIpc) is 3.48. The molecule has 2 amide bonds. The van der Waals surface area contributed by atoms with Crippen molar-refractivity contribution in [3.8, 4) is 0 Å². The van der Waals surface area contributed by atoms with Crippen molar-refractivity contribution in [1.82, 2.24) is 9.88 Å². The van der Waals surface area contributed by atoms with Gasteiger partial charge in [0, 0.05) is 18.9 Å². The van der Waals surface area contributed by atoms with Gasteiger partial charge in [0.05, 0.1) is 24.4 Å². The van der Waals surface area contributed by atoms with E-state index < -0.39 is 5.97 Å². The number of pyridine rings is 1. The van der Waals surface area contributed by atoms with Gasteiger partial charge >= 0.3 is 12.0 Å². The highest BCUT2D eigenvalue weighted by Gasteiger charge is 2.37. The van der Waals surface area contributed by atoms with Crippen LogP contribution in [0, 0.1) is 12.8 Å². The fraction of sp³-hybridized carbons (Fsp3) is 0.350. The van der Waals surface area contributed by atoms with Crippen LogP contribution in [-0.2, 0) is 4.74 Å². The van der Waals surface area contributed by atoms with E-state index >= 15 is 0 Å². The summed E-state index contributed by atoms with van der Waals surface area (Å²) in [7, 11) is 3.12. The Morgan fingerprint density at radius 2 is 2.04 bits per heavy atom. The van der Waals surface area contributed by atoms with E-state index in [1.54, 1.807) is 36.3 Å². The Labute approximate surface area is 153 Å². The lowest BCUT2D eigenvalue weighted by molar-refractivity contribution is 0.0600. The van der Waals surface area contributed by atoms with Gasteiger partial charge < -0.3 is 15.0 Å². The quantitative estimate of drug-likeness (QED) is 0.830. The lowest BCUT2D eigenvalue weighted by Crippen LogP contribution is -2.36. The molecule has 1 N–H and O–H groups in total. The van der Waals surface area contributed by atoms with Crippen molar-refractivity contribution in [2.75, 3.05) is 19.5 Å². The van der Waals surface area contributed by atoms with Crippen molar-refractivity contribution in [1.29, 1.82) is 0 Å². The molecule has 1 aromatic carbocycles. The average molecular weight is 353 g/mol. The number of carbonyl (C=O) groups excluding carboxylic acids is 2. The van der Waals surface area contributed by atoms with Gasteiger partial charge in [-0.15, -0.1) is 0 Å². The summed E-state index contributed by atoms with van der Waals surface area (Å²) in [5.41, 5.74) is 2.77. The van der Waals surface area contributed by atoms with Gasteiger partial charge in [-0.05, 0) is 55.5 Å². The molecular formula is C20H23N3O3. The molecule has 2 aromatic rings. The molecule has 6 heteroatoms. The van der Waals surface area contributed by atoms with E-state index in [1.807, 2.05) is 25.1 Å². The number of nitrogens with one attached hydrogen (secondary N) is 1. The molecule has 0 bridgehead atoms. The summed E-state index contributed by atoms with van der Waals surface area (Å²) in [5.74, 6) is 0.00125. The van der Waals surface area contributed by atoms with Gasteiger partial charge in [-0.1, -0.05) is 12.1 Å². The van der Waals surface area contributed by atoms with Gasteiger partial charge in [0.1, 0.15) is 0 Å². The molecular weight excluding hydrogens is 330 g/mol. The number of anilines is 1. The predicted octanol–water partition coefficient (Wildman–Crippen LogP) is 3.79. The largest absolute Gasteiger partial charge is 0.465 e. The molecule has 1 aliphatic carbocycles. The maximum absolute atomic E-state index is 12.8. The van der Waals surface area contributed by atoms with Gasteiger partial charge in [0.15, 0.2) is 0 Å². The number of methoxy groups -OCH3 is 1. The van der Waals surface area contributed by atoms with E-state index in [0.29, 0.717) is 17.2 Å². The topological polar surface area (TPSA) is 71.5 Å². The number of esters is 1. The smallest absolute Gasteiger partial charge is 0.337 e. The molecule has 1 saturated carbocycles. The van der Waals surface area contributed by atoms with Crippen LogP contribution >= 0.6 is 0 Å². The number of ether oxygens (including phenoxy) is 1. The van der Waals surface area contributed by atoms with Crippen LogP contribution in [0.5, 0.6) is 0 Å². The van der Waals surface area contributed by atoms with Gasteiger partial charge in [0.2, 0.25) is 0 Å². The van der Waals surface area contributed by atoms with Crippen molar-refractivity contribution in [3.05, 3.63) is 59.4 Å². The van der Waals surface area contributed by atoms with Crippen LogP contribution in [-0.4, -0.2) is 36.0 Å². The zero-order valence-corrected chi connectivity index (χ0v) is 15.2. The van der Waals surface area contributed by atoms with E-state index in [1.165, 1.54) is 7.11 Å². The number of hydrogen-bond acceptors (Lipinski definition) is 4. The van der Waals surface area contributed by atoms with Gasteiger partial charge in [-0.25, -0.2) is 9.59 Å². The first-order chi connectivity index (χ1) is 12.5. The standard InChI is InChI=1S/C20H23N3O3/c1-13-7-8-15(19(24)26-3)12-17(13)22-20(25)23(2)18(14-9-10-14)16-6-4-5-11-21-16/h4-8,11-12,14,18H,9-10H2,1-3H3,(H,22,25)/t18-/m0/s1. The molecule has 1 fully saturated rings. The third-order valence-corrected chi connectivity index (χ3v) is 4.70. The molecule has 0 saturated heterocycles. The zero-order valence-electron chi connectivity index (χ0n) is 15.2. The summed E-state index contributed by atoms with van der Waals surface area (Å²) >= 11 is 0. The van der Waals surface area contributed by atoms with Gasteiger partial charge in [-0.3, -0.25) is 4.98 Å². The number of aryl methyl sites for hydroxylation is 1. The lowest BCUT2D eigenvalue weighted by Gasteiger charge is -2.28. The number of carbonyl (C=O) groups is 2. The summed E-state index contributed by atoms with van der Waals surface area (Å²) in [6, 6.07) is 10.6. The van der Waals surface area contributed by atoms with Crippen LogP contribution in [0.3, 0.4) is 0 Å². The number of nitrogens with zero attached hydrogens (tertiary/aromatic N) is 2. The first-order valence-corrected chi connectivity index (χ1v) is 8.65. The summed E-state index contributed by atoms with van der Waals surface area (Å²) < 4.78 is 4.75. The second-order valence-electron chi connectivity index (χ2n) is 6.60. The maximum atomic E-state index is 12.8. The van der Waals surface area contributed by atoms with Crippen molar-refractivity contribution in [3.63, 3.8) is 0 Å². The molecule has 136 valence electrons. The molecule has 1 atom stereocenters. The minimum Gasteiger partial charge on any atom is -0.465 e. The Morgan fingerprint density at radius 3 is 2.65 bits per heavy atom. The maximum Gasteiger partial charge on any atom is 0.337 e. The molecule has 1 heterocycles. The Morgan fingerprint density at radius 1 is 1.27 bits per heavy atom. The van der Waals surface area contributed by atoms with Crippen molar-refractivity contribution in [2.24, 2.45) is 5.92 Å². The molecule has 26 heavy (non-hydrogen) atoms. The number of rotatable bonds is 5. The summed E-state index contributed by atoms with van der Waals surface area (Å²) in [4.78, 5) is 30.7. The van der Waals surface area contributed by atoms with E-state index in [-0.39, 0.29) is 12.1 Å². The SMILES string of the molecule is COC(=O)c1ccc(C)c(NC(=O)N(C)[C@H](c2ccccn2)C2CC2)c1. The van der Waals surface area contributed by atoms with Gasteiger partial charge in [-0.2, -0.15) is 0 Å². The molecule has 1 aromatic heterocycles. The van der Waals surface area contributed by atoms with Crippen LogP contribution in [0.15, 0.2) is 42.6 Å². The Kier molecular flexibility index (Phi) is 5.21. The molecule has 0 spiro atoms. The van der Waals surface area contributed by atoms with Crippen LogP contribution < -0.4 is 5.32 Å². The highest BCUT2D eigenvalue weighted by molar-refractivity contribution is 5.94. The highest BCUT2D eigenvalue weighted by Crippen LogP contribution is 2.43. The van der Waals surface area contributed by atoms with Crippen LogP contribution in [0.25, 0.3) is 0 Å². The number of urea groups is 1. The van der Waals surface area contributed by atoms with Crippen LogP contribution in [0.1, 0.15) is 40.5 Å². The number of amides is 2. The molecule has 1 aliphatic rings. The van der Waals surface area contributed by atoms with E-state index in [4.69, 9.17) is 4.74 Å². The van der Waals surface area contributed by atoms with Crippen molar-refractivity contribution < 1.29 is 14.3 Å². The fourth-order valence-corrected chi connectivity index (χ4v) is 3.05. The normalized spacial score (nSPS) is 14.4. The molecule has 3 rings (SSSR count). The number of hydrogen-bond donors (Lipinski definition) is 1. The highest BCUT2D eigenvalue weighted by atomic mass is 16.5. The second kappa shape index (κ2) is 7.56. The Balaban J connectivity index is 1.79. The van der Waals surface area contributed by atoms with E-state index in [9.17, 15) is 9.59 Å². The minimum absolute atomic E-state index is 0.0553. The van der Waals surface area contributed by atoms with Crippen LogP contribution in [0.2, 0.25) is 0 Å². The third-order valence-electron chi connectivity index (χ3n) is 4.70. The summed E-state index contributed by atoms with van der Waals surface area (Å²) in [6.07, 6.45) is 3.94. The summed E-state index contributed by atoms with van der Waals surface area (Å²) in [5, 5.41) is 2.91. The number of aromatic nitrogens is 1. The monoisotopic (exact) mass is 353 g/mol. The molecule has 0 aliphatic heterocycles. The third kappa shape index (κ3) is 3.85. The van der Waals surface area contributed by atoms with Crippen LogP contribution in [0.4, 0.5) is 10.5 Å². The fourth-order valence-electron chi connectivity index (χ4n) is 3.05. The van der Waals surface area contributed by atoms with E-state index in [0.717, 1.165) is 24.1 Å². The predicted molar refractivity (Wildman–Crippen MR) is 99.0 cm³/mol. The number of benzene rings is 1. The van der Waals surface area contributed by atoms with Crippen molar-refractivity contribution in [2.45, 2.75) is 25.8 Å². The summed E-state index contributed by atoms with van der Waals surface area (Å²) in [6.45, 7) is 1.88. The van der Waals surface area contributed by atoms with Crippen molar-refractivity contribution >= 4 is 17.7 Å². The first-order valence-electron chi connectivity index (χ1n) is 8.65. The lowest BCUT2D eigenvalue weighted by atomic mass is 10.1. The minimum atomic E-state index is -0.432. The second-order valence-corrected chi connectivity index (χ2v) is 6.60. The van der Waals surface area contributed by atoms with E-state index in [2.05, 4.69) is 10.3 Å². The Hall–Kier alpha value is -2.89. The Bertz CT molecular complexity index is 803. The molecule has 0 unspecified atom stereocenters.